The molecular weight excluding hydrogens is 296 g/mol. The van der Waals surface area contributed by atoms with Crippen LogP contribution < -0.4 is 10.9 Å². The molecule has 0 saturated carbocycles. The van der Waals surface area contributed by atoms with Crippen molar-refractivity contribution in [2.75, 3.05) is 6.61 Å². The van der Waals surface area contributed by atoms with Crippen LogP contribution in [0.15, 0.2) is 30.5 Å². The third kappa shape index (κ3) is 3.88. The van der Waals surface area contributed by atoms with Crippen LogP contribution in [0.1, 0.15) is 35.5 Å². The number of nitrogens with zero attached hydrogens (tertiary/aromatic N) is 2. The average Bonchev–Trinajstić information content (AvgIpc) is 2.97. The van der Waals surface area contributed by atoms with E-state index in [0.29, 0.717) is 12.0 Å². The SMILES string of the molecule is CCOC(=O)NNC(=O)c1cnn(-c2ccc(C)cc2)c1CC. The summed E-state index contributed by atoms with van der Waals surface area (Å²) < 4.78 is 6.41. The van der Waals surface area contributed by atoms with Crippen LogP contribution in [0.25, 0.3) is 5.69 Å². The van der Waals surface area contributed by atoms with Gasteiger partial charge in [-0.25, -0.2) is 14.9 Å². The fourth-order valence-corrected chi connectivity index (χ4v) is 2.15. The first-order valence-corrected chi connectivity index (χ1v) is 7.43. The van der Waals surface area contributed by atoms with Gasteiger partial charge in [-0.2, -0.15) is 5.10 Å². The van der Waals surface area contributed by atoms with E-state index in [1.165, 1.54) is 6.20 Å². The quantitative estimate of drug-likeness (QED) is 0.846. The molecule has 0 aliphatic carbocycles. The zero-order chi connectivity index (χ0) is 16.8. The number of carbonyl (C=O) groups is 2. The van der Waals surface area contributed by atoms with E-state index in [0.717, 1.165) is 16.9 Å². The number of carbonyl (C=O) groups excluding carboxylic acids is 2. The van der Waals surface area contributed by atoms with Gasteiger partial charge in [-0.3, -0.25) is 10.2 Å². The summed E-state index contributed by atoms with van der Waals surface area (Å²) in [6.45, 7) is 5.86. The van der Waals surface area contributed by atoms with E-state index in [1.54, 1.807) is 11.6 Å². The highest BCUT2D eigenvalue weighted by atomic mass is 16.5. The van der Waals surface area contributed by atoms with Gasteiger partial charge >= 0.3 is 6.09 Å². The minimum absolute atomic E-state index is 0.229. The van der Waals surface area contributed by atoms with Crippen molar-refractivity contribution in [3.63, 3.8) is 0 Å². The molecule has 0 fully saturated rings. The van der Waals surface area contributed by atoms with Gasteiger partial charge in [-0.15, -0.1) is 0 Å². The molecule has 2 amide bonds. The first-order valence-electron chi connectivity index (χ1n) is 7.43. The summed E-state index contributed by atoms with van der Waals surface area (Å²) in [5, 5.41) is 4.28. The summed E-state index contributed by atoms with van der Waals surface area (Å²) in [5.74, 6) is -0.437. The van der Waals surface area contributed by atoms with Crippen molar-refractivity contribution in [1.82, 2.24) is 20.6 Å². The number of benzene rings is 1. The minimum atomic E-state index is -0.704. The molecule has 2 N–H and O–H groups in total. The van der Waals surface area contributed by atoms with Crippen molar-refractivity contribution in [3.05, 3.63) is 47.3 Å². The number of hydrogen-bond acceptors (Lipinski definition) is 4. The van der Waals surface area contributed by atoms with Gasteiger partial charge in [-0.05, 0) is 32.4 Å². The summed E-state index contributed by atoms with van der Waals surface area (Å²) >= 11 is 0. The molecule has 0 aliphatic rings. The van der Waals surface area contributed by atoms with E-state index in [4.69, 9.17) is 0 Å². The second-order valence-electron chi connectivity index (χ2n) is 4.91. The maximum atomic E-state index is 12.2. The Hall–Kier alpha value is -2.83. The lowest BCUT2D eigenvalue weighted by Crippen LogP contribution is -2.42. The van der Waals surface area contributed by atoms with Gasteiger partial charge in [0.1, 0.15) is 0 Å². The average molecular weight is 316 g/mol. The first kappa shape index (κ1) is 16.5. The van der Waals surface area contributed by atoms with Gasteiger partial charge in [0.15, 0.2) is 0 Å². The molecule has 1 heterocycles. The second kappa shape index (κ2) is 7.44. The third-order valence-electron chi connectivity index (χ3n) is 3.28. The standard InChI is InChI=1S/C16H20N4O3/c1-4-14-13(15(21)18-19-16(22)23-5-2)10-17-20(14)12-8-6-11(3)7-9-12/h6-10H,4-5H2,1-3H3,(H,18,21)(H,19,22). The fourth-order valence-electron chi connectivity index (χ4n) is 2.15. The van der Waals surface area contributed by atoms with Crippen LogP contribution >= 0.6 is 0 Å². The maximum Gasteiger partial charge on any atom is 0.426 e. The highest BCUT2D eigenvalue weighted by molar-refractivity contribution is 5.95. The highest BCUT2D eigenvalue weighted by Crippen LogP contribution is 2.16. The third-order valence-corrected chi connectivity index (χ3v) is 3.28. The molecule has 2 rings (SSSR count). The maximum absolute atomic E-state index is 12.2. The largest absolute Gasteiger partial charge is 0.449 e. The Morgan fingerprint density at radius 3 is 2.48 bits per heavy atom. The highest BCUT2D eigenvalue weighted by Gasteiger charge is 2.17. The van der Waals surface area contributed by atoms with Crippen LogP contribution in [-0.2, 0) is 11.2 Å². The van der Waals surface area contributed by atoms with E-state index in [9.17, 15) is 9.59 Å². The van der Waals surface area contributed by atoms with Crippen LogP contribution in [0, 0.1) is 6.92 Å². The predicted molar refractivity (Wildman–Crippen MR) is 85.3 cm³/mol. The normalized spacial score (nSPS) is 10.2. The number of aromatic nitrogens is 2. The van der Waals surface area contributed by atoms with Gasteiger partial charge in [0.2, 0.25) is 0 Å². The van der Waals surface area contributed by atoms with E-state index in [2.05, 4.69) is 20.7 Å². The van der Waals surface area contributed by atoms with Crippen LogP contribution in [0.3, 0.4) is 0 Å². The Morgan fingerprint density at radius 2 is 1.87 bits per heavy atom. The van der Waals surface area contributed by atoms with E-state index in [1.807, 2.05) is 38.1 Å². The summed E-state index contributed by atoms with van der Waals surface area (Å²) in [6, 6.07) is 7.86. The molecule has 7 heteroatoms. The number of hydrogen-bond donors (Lipinski definition) is 2. The second-order valence-corrected chi connectivity index (χ2v) is 4.91. The van der Waals surface area contributed by atoms with E-state index >= 15 is 0 Å². The molecule has 1 aromatic heterocycles. The summed E-state index contributed by atoms with van der Waals surface area (Å²) in [5.41, 5.74) is 7.70. The summed E-state index contributed by atoms with van der Waals surface area (Å²) in [6.07, 6.45) is 1.40. The zero-order valence-corrected chi connectivity index (χ0v) is 13.4. The summed E-state index contributed by atoms with van der Waals surface area (Å²) in [4.78, 5) is 23.4. The number of aryl methyl sites for hydroxylation is 1. The number of ether oxygens (including phenoxy) is 1. The van der Waals surface area contributed by atoms with Crippen LogP contribution in [0.2, 0.25) is 0 Å². The van der Waals surface area contributed by atoms with Gasteiger partial charge in [-0.1, -0.05) is 24.6 Å². The molecule has 122 valence electrons. The van der Waals surface area contributed by atoms with Crippen molar-refractivity contribution < 1.29 is 14.3 Å². The number of rotatable bonds is 4. The van der Waals surface area contributed by atoms with Crippen molar-refractivity contribution in [2.45, 2.75) is 27.2 Å². The van der Waals surface area contributed by atoms with E-state index < -0.39 is 12.0 Å². The predicted octanol–water partition coefficient (Wildman–Crippen LogP) is 2.13. The molecule has 2 aromatic rings. The number of amides is 2. The lowest BCUT2D eigenvalue weighted by Gasteiger charge is -2.09. The molecule has 0 spiro atoms. The van der Waals surface area contributed by atoms with Crippen LogP contribution in [-0.4, -0.2) is 28.4 Å². The van der Waals surface area contributed by atoms with Crippen molar-refractivity contribution in [3.8, 4) is 5.69 Å². The molecule has 1 aromatic carbocycles. The first-order chi connectivity index (χ1) is 11.1. The Labute approximate surface area is 134 Å². The molecule has 0 unspecified atom stereocenters. The Morgan fingerprint density at radius 1 is 1.17 bits per heavy atom. The van der Waals surface area contributed by atoms with E-state index in [-0.39, 0.29) is 6.61 Å². The Bertz CT molecular complexity index is 692. The monoisotopic (exact) mass is 316 g/mol. The Balaban J connectivity index is 2.19. The number of hydrazine groups is 1. The Kier molecular flexibility index (Phi) is 5.35. The molecule has 0 atom stereocenters. The summed E-state index contributed by atoms with van der Waals surface area (Å²) in [7, 11) is 0. The number of nitrogens with one attached hydrogen (secondary N) is 2. The van der Waals surface area contributed by atoms with Gasteiger partial charge in [0.05, 0.1) is 29.7 Å². The molecule has 0 bridgehead atoms. The van der Waals surface area contributed by atoms with Crippen LogP contribution in [0.4, 0.5) is 4.79 Å². The van der Waals surface area contributed by atoms with Crippen molar-refractivity contribution >= 4 is 12.0 Å². The molecule has 0 saturated heterocycles. The molecular formula is C16H20N4O3. The molecule has 0 aliphatic heterocycles. The lowest BCUT2D eigenvalue weighted by molar-refractivity contribution is 0.0911. The minimum Gasteiger partial charge on any atom is -0.449 e. The van der Waals surface area contributed by atoms with Crippen LogP contribution in [0.5, 0.6) is 0 Å². The zero-order valence-electron chi connectivity index (χ0n) is 13.4. The molecule has 7 nitrogen and oxygen atoms in total. The smallest absolute Gasteiger partial charge is 0.426 e. The van der Waals surface area contributed by atoms with Gasteiger partial charge < -0.3 is 4.74 Å². The lowest BCUT2D eigenvalue weighted by atomic mass is 10.2. The molecule has 0 radical (unpaired) electrons. The van der Waals surface area contributed by atoms with Crippen molar-refractivity contribution in [1.29, 1.82) is 0 Å². The van der Waals surface area contributed by atoms with Crippen molar-refractivity contribution in [2.24, 2.45) is 0 Å². The fraction of sp³-hybridized carbons (Fsp3) is 0.312. The van der Waals surface area contributed by atoms with Gasteiger partial charge in [0.25, 0.3) is 5.91 Å². The topological polar surface area (TPSA) is 85.2 Å². The molecule has 23 heavy (non-hydrogen) atoms. The van der Waals surface area contributed by atoms with Gasteiger partial charge in [0, 0.05) is 0 Å².